The van der Waals surface area contributed by atoms with Crippen molar-refractivity contribution in [2.24, 2.45) is 0 Å². The zero-order chi connectivity index (χ0) is 13.6. The highest BCUT2D eigenvalue weighted by Crippen LogP contribution is 2.33. The van der Waals surface area contributed by atoms with Crippen molar-refractivity contribution >= 4 is 56.1 Å². The smallest absolute Gasteiger partial charge is 0.205 e. The fourth-order valence-electron chi connectivity index (χ4n) is 1.99. The Morgan fingerprint density at radius 1 is 1.16 bits per heavy atom. The summed E-state index contributed by atoms with van der Waals surface area (Å²) in [6.07, 6.45) is 0. The highest BCUT2D eigenvalue weighted by Gasteiger charge is 2.13. The van der Waals surface area contributed by atoms with Gasteiger partial charge in [0.2, 0.25) is 5.95 Å². The minimum absolute atomic E-state index is 0.389. The summed E-state index contributed by atoms with van der Waals surface area (Å²) >= 11 is 15.6. The van der Waals surface area contributed by atoms with Crippen LogP contribution in [0.15, 0.2) is 40.9 Å². The van der Waals surface area contributed by atoms with Crippen molar-refractivity contribution in [2.45, 2.75) is 0 Å². The van der Waals surface area contributed by atoms with Crippen LogP contribution in [0, 0.1) is 0 Å². The Kier molecular flexibility index (Phi) is 3.17. The third-order valence-corrected chi connectivity index (χ3v) is 4.43. The Morgan fingerprint density at radius 3 is 2.74 bits per heavy atom. The summed E-state index contributed by atoms with van der Waals surface area (Å²) in [5, 5.41) is 1.25. The number of aromatic nitrogens is 2. The number of anilines is 1. The molecule has 1 heterocycles. The molecule has 6 heteroatoms. The van der Waals surface area contributed by atoms with Crippen LogP contribution in [0.1, 0.15) is 0 Å². The molecule has 0 amide bonds. The van der Waals surface area contributed by atoms with Crippen LogP contribution in [0.3, 0.4) is 0 Å². The Bertz CT molecular complexity index is 783. The van der Waals surface area contributed by atoms with E-state index in [4.69, 9.17) is 28.9 Å². The van der Waals surface area contributed by atoms with Crippen molar-refractivity contribution < 1.29 is 0 Å². The second kappa shape index (κ2) is 4.71. The van der Waals surface area contributed by atoms with E-state index in [1.54, 1.807) is 18.2 Å². The van der Waals surface area contributed by atoms with Gasteiger partial charge in [-0.2, -0.15) is 0 Å². The number of halogens is 3. The molecular weight excluding hydrogens is 349 g/mol. The van der Waals surface area contributed by atoms with Gasteiger partial charge >= 0.3 is 0 Å². The SMILES string of the molecule is Nc1nc2cc(Cl)ccc2n1-c1cccc(Cl)c1Br. The van der Waals surface area contributed by atoms with Gasteiger partial charge in [-0.25, -0.2) is 4.98 Å². The van der Waals surface area contributed by atoms with Crippen LogP contribution in [0.25, 0.3) is 16.7 Å². The van der Waals surface area contributed by atoms with Gasteiger partial charge in [-0.05, 0) is 46.3 Å². The minimum atomic E-state index is 0.389. The van der Waals surface area contributed by atoms with Crippen molar-refractivity contribution in [2.75, 3.05) is 5.73 Å². The summed E-state index contributed by atoms with van der Waals surface area (Å²) < 4.78 is 2.61. The summed E-state index contributed by atoms with van der Waals surface area (Å²) in [6, 6.07) is 11.1. The lowest BCUT2D eigenvalue weighted by Gasteiger charge is -2.09. The summed E-state index contributed by atoms with van der Waals surface area (Å²) in [7, 11) is 0. The Balaban J connectivity index is 2.36. The van der Waals surface area contributed by atoms with E-state index in [9.17, 15) is 0 Å². The van der Waals surface area contributed by atoms with E-state index in [1.165, 1.54) is 0 Å². The predicted molar refractivity (Wildman–Crippen MR) is 83.2 cm³/mol. The molecule has 2 aromatic carbocycles. The largest absolute Gasteiger partial charge is 0.369 e. The minimum Gasteiger partial charge on any atom is -0.369 e. The quantitative estimate of drug-likeness (QED) is 0.688. The van der Waals surface area contributed by atoms with Gasteiger partial charge in [0.15, 0.2) is 0 Å². The van der Waals surface area contributed by atoms with Gasteiger partial charge in [0.05, 0.1) is 26.2 Å². The number of imidazole rings is 1. The van der Waals surface area contributed by atoms with Gasteiger partial charge in [-0.1, -0.05) is 29.3 Å². The Labute approximate surface area is 128 Å². The monoisotopic (exact) mass is 355 g/mol. The van der Waals surface area contributed by atoms with E-state index in [0.717, 1.165) is 21.2 Å². The summed E-state index contributed by atoms with van der Waals surface area (Å²) in [6.45, 7) is 0. The van der Waals surface area contributed by atoms with Crippen LogP contribution >= 0.6 is 39.1 Å². The van der Waals surface area contributed by atoms with E-state index in [2.05, 4.69) is 20.9 Å². The predicted octanol–water partition coefficient (Wildman–Crippen LogP) is 4.68. The third-order valence-electron chi connectivity index (χ3n) is 2.81. The van der Waals surface area contributed by atoms with Crippen LogP contribution in [-0.2, 0) is 0 Å². The molecule has 0 unspecified atom stereocenters. The highest BCUT2D eigenvalue weighted by molar-refractivity contribution is 9.10. The summed E-state index contributed by atoms with van der Waals surface area (Å²) in [4.78, 5) is 4.31. The summed E-state index contributed by atoms with van der Waals surface area (Å²) in [5.74, 6) is 0.389. The molecule has 2 N–H and O–H groups in total. The molecule has 1 aromatic heterocycles. The van der Waals surface area contributed by atoms with Crippen LogP contribution < -0.4 is 5.73 Å². The lowest BCUT2D eigenvalue weighted by Crippen LogP contribution is -2.01. The summed E-state index contributed by atoms with van der Waals surface area (Å²) in [5.41, 5.74) is 8.47. The molecule has 0 radical (unpaired) electrons. The van der Waals surface area contributed by atoms with E-state index in [-0.39, 0.29) is 0 Å². The fraction of sp³-hybridized carbons (Fsp3) is 0. The number of nitrogens with two attached hydrogens (primary N) is 1. The highest BCUT2D eigenvalue weighted by atomic mass is 79.9. The average Bonchev–Trinajstić information content (AvgIpc) is 2.68. The van der Waals surface area contributed by atoms with Crippen LogP contribution in [0.4, 0.5) is 5.95 Å². The molecule has 0 aliphatic heterocycles. The standard InChI is InChI=1S/C13H8BrCl2N3/c14-12-8(16)2-1-3-11(12)19-10-5-4-7(15)6-9(10)18-13(19)17/h1-6H,(H2,17,18). The maximum Gasteiger partial charge on any atom is 0.205 e. The molecule has 0 aliphatic rings. The van der Waals surface area contributed by atoms with Gasteiger partial charge in [-0.3, -0.25) is 4.57 Å². The van der Waals surface area contributed by atoms with E-state index in [0.29, 0.717) is 16.0 Å². The number of rotatable bonds is 1. The van der Waals surface area contributed by atoms with Gasteiger partial charge < -0.3 is 5.73 Å². The molecular formula is C13H8BrCl2N3. The molecule has 3 nitrogen and oxygen atoms in total. The van der Waals surface area contributed by atoms with Gasteiger partial charge in [0.1, 0.15) is 0 Å². The third kappa shape index (κ3) is 2.10. The number of nitrogens with zero attached hydrogens (tertiary/aromatic N) is 2. The molecule has 0 saturated carbocycles. The van der Waals surface area contributed by atoms with Crippen molar-refractivity contribution in [3.8, 4) is 5.69 Å². The molecule has 0 fully saturated rings. The van der Waals surface area contributed by atoms with Crippen molar-refractivity contribution in [1.29, 1.82) is 0 Å². The molecule has 0 atom stereocenters. The number of hydrogen-bond acceptors (Lipinski definition) is 2. The maximum atomic E-state index is 6.12. The van der Waals surface area contributed by atoms with Crippen molar-refractivity contribution in [3.63, 3.8) is 0 Å². The first-order chi connectivity index (χ1) is 9.08. The van der Waals surface area contributed by atoms with Crippen molar-refractivity contribution in [1.82, 2.24) is 9.55 Å². The molecule has 0 bridgehead atoms. The van der Waals surface area contributed by atoms with E-state index in [1.807, 2.05) is 22.8 Å². The van der Waals surface area contributed by atoms with Gasteiger partial charge in [0, 0.05) is 5.02 Å². The van der Waals surface area contributed by atoms with Crippen LogP contribution in [0.5, 0.6) is 0 Å². The number of hydrogen-bond donors (Lipinski definition) is 1. The number of fused-ring (bicyclic) bond motifs is 1. The van der Waals surface area contributed by atoms with Crippen LogP contribution in [0.2, 0.25) is 10.0 Å². The van der Waals surface area contributed by atoms with E-state index >= 15 is 0 Å². The van der Waals surface area contributed by atoms with Crippen molar-refractivity contribution in [3.05, 3.63) is 50.9 Å². The molecule has 0 spiro atoms. The topological polar surface area (TPSA) is 43.8 Å². The Hall–Kier alpha value is -1.23. The maximum absolute atomic E-state index is 6.12. The van der Waals surface area contributed by atoms with Gasteiger partial charge in [0.25, 0.3) is 0 Å². The zero-order valence-corrected chi connectivity index (χ0v) is 12.7. The average molecular weight is 357 g/mol. The lowest BCUT2D eigenvalue weighted by molar-refractivity contribution is 1.10. The normalized spacial score (nSPS) is 11.1. The van der Waals surface area contributed by atoms with Gasteiger partial charge in [-0.15, -0.1) is 0 Å². The Morgan fingerprint density at radius 2 is 1.95 bits per heavy atom. The molecule has 3 aromatic rings. The fourth-order valence-corrected chi connectivity index (χ4v) is 2.77. The second-order valence-corrected chi connectivity index (χ2v) is 5.65. The first-order valence-electron chi connectivity index (χ1n) is 5.46. The first-order valence-corrected chi connectivity index (χ1v) is 7.00. The number of nitrogen functional groups attached to an aromatic ring is 1. The molecule has 19 heavy (non-hydrogen) atoms. The molecule has 0 aliphatic carbocycles. The van der Waals surface area contributed by atoms with Crippen LogP contribution in [-0.4, -0.2) is 9.55 Å². The molecule has 96 valence electrons. The zero-order valence-electron chi connectivity index (χ0n) is 9.57. The van der Waals surface area contributed by atoms with E-state index < -0.39 is 0 Å². The second-order valence-electron chi connectivity index (χ2n) is 4.01. The molecule has 0 saturated heterocycles. The first kappa shape index (κ1) is 12.8. The molecule has 3 rings (SSSR count). The number of benzene rings is 2. The lowest BCUT2D eigenvalue weighted by atomic mass is 10.3.